The van der Waals surface area contributed by atoms with Crippen LogP contribution in [-0.4, -0.2) is 34.9 Å². The Labute approximate surface area is 206 Å². The lowest BCUT2D eigenvalue weighted by Crippen LogP contribution is -2.20. The molecule has 0 fully saturated rings. The molecule has 1 amide bonds. The molecule has 0 saturated heterocycles. The number of amides is 1. The summed E-state index contributed by atoms with van der Waals surface area (Å²) in [5.41, 5.74) is 1.75. The Morgan fingerprint density at radius 2 is 1.80 bits per heavy atom. The average Bonchev–Trinajstić information content (AvgIpc) is 3.30. The molecule has 7 nitrogen and oxygen atoms in total. The molecule has 0 saturated carbocycles. The second-order valence-corrected chi connectivity index (χ2v) is 7.81. The Morgan fingerprint density at radius 3 is 2.54 bits per heavy atom. The van der Waals surface area contributed by atoms with E-state index >= 15 is 0 Å². The third-order valence-electron chi connectivity index (χ3n) is 4.90. The molecule has 35 heavy (non-hydrogen) atoms. The predicted molar refractivity (Wildman–Crippen MR) is 130 cm³/mol. The fourth-order valence-corrected chi connectivity index (χ4v) is 3.46. The Balaban J connectivity index is 1.59. The number of carbonyl (C=O) groups excluding carboxylic acids is 2. The van der Waals surface area contributed by atoms with Gasteiger partial charge in [0.1, 0.15) is 17.3 Å². The first-order valence-electron chi connectivity index (χ1n) is 10.8. The standard InChI is InChI=1S/C26H21ClFN3O4/c1-2-34-26(33)22-15-24(31(30-22)23-9-4-3-8-21(23)28)17-6-5-7-19(14-17)29-25(32)16-35-20-12-10-18(27)11-13-20/h3-15H,2,16H2,1H3,(H,29,32). The zero-order chi connectivity index (χ0) is 24.8. The maximum Gasteiger partial charge on any atom is 0.358 e. The van der Waals surface area contributed by atoms with Crippen LogP contribution < -0.4 is 10.1 Å². The zero-order valence-electron chi connectivity index (χ0n) is 18.7. The van der Waals surface area contributed by atoms with Gasteiger partial charge in [-0.3, -0.25) is 4.79 Å². The molecule has 1 aromatic heterocycles. The first-order valence-corrected chi connectivity index (χ1v) is 11.1. The van der Waals surface area contributed by atoms with Crippen LogP contribution in [0, 0.1) is 5.82 Å². The van der Waals surface area contributed by atoms with Gasteiger partial charge in [-0.05, 0) is 61.5 Å². The minimum Gasteiger partial charge on any atom is -0.484 e. The number of nitrogens with one attached hydrogen (secondary N) is 1. The Morgan fingerprint density at radius 1 is 1.03 bits per heavy atom. The molecule has 0 spiro atoms. The molecule has 9 heteroatoms. The van der Waals surface area contributed by atoms with Crippen molar-refractivity contribution in [3.8, 4) is 22.7 Å². The predicted octanol–water partition coefficient (Wildman–Crippen LogP) is 5.53. The lowest BCUT2D eigenvalue weighted by molar-refractivity contribution is -0.118. The number of ether oxygens (including phenoxy) is 2. The van der Waals surface area contributed by atoms with Crippen LogP contribution in [0.15, 0.2) is 78.9 Å². The first kappa shape index (κ1) is 24.0. The maximum absolute atomic E-state index is 14.6. The van der Waals surface area contributed by atoms with E-state index in [0.717, 1.165) is 0 Å². The number of aromatic nitrogens is 2. The van der Waals surface area contributed by atoms with Crippen molar-refractivity contribution in [3.05, 3.63) is 95.4 Å². The molecule has 178 valence electrons. The van der Waals surface area contributed by atoms with Gasteiger partial charge >= 0.3 is 5.97 Å². The number of rotatable bonds is 8. The topological polar surface area (TPSA) is 82.5 Å². The molecule has 4 aromatic rings. The van der Waals surface area contributed by atoms with Crippen LogP contribution in [0.1, 0.15) is 17.4 Å². The molecule has 0 atom stereocenters. The summed E-state index contributed by atoms with van der Waals surface area (Å²) in [5, 5.41) is 7.62. The summed E-state index contributed by atoms with van der Waals surface area (Å²) in [7, 11) is 0. The number of anilines is 1. The van der Waals surface area contributed by atoms with Crippen molar-refractivity contribution in [2.75, 3.05) is 18.5 Å². The molecule has 0 aliphatic heterocycles. The second-order valence-electron chi connectivity index (χ2n) is 7.37. The quantitative estimate of drug-likeness (QED) is 0.326. The fourth-order valence-electron chi connectivity index (χ4n) is 3.33. The highest BCUT2D eigenvalue weighted by atomic mass is 35.5. The van der Waals surface area contributed by atoms with E-state index in [1.807, 2.05) is 0 Å². The minimum atomic E-state index is -0.618. The molecular weight excluding hydrogens is 473 g/mol. The summed E-state index contributed by atoms with van der Waals surface area (Å²) in [4.78, 5) is 24.7. The van der Waals surface area contributed by atoms with Gasteiger partial charge in [0.05, 0.1) is 12.3 Å². The van der Waals surface area contributed by atoms with Gasteiger partial charge in [0, 0.05) is 16.3 Å². The van der Waals surface area contributed by atoms with Crippen molar-refractivity contribution in [3.63, 3.8) is 0 Å². The highest BCUT2D eigenvalue weighted by Crippen LogP contribution is 2.28. The molecule has 0 unspecified atom stereocenters. The van der Waals surface area contributed by atoms with Crippen LogP contribution in [0.4, 0.5) is 10.1 Å². The van der Waals surface area contributed by atoms with E-state index in [1.165, 1.54) is 16.8 Å². The molecular formula is C26H21ClFN3O4. The second kappa shape index (κ2) is 10.8. The largest absolute Gasteiger partial charge is 0.484 e. The number of para-hydroxylation sites is 1. The number of nitrogens with zero attached hydrogens (tertiary/aromatic N) is 2. The van der Waals surface area contributed by atoms with E-state index in [9.17, 15) is 14.0 Å². The van der Waals surface area contributed by atoms with Crippen molar-refractivity contribution in [1.82, 2.24) is 9.78 Å². The van der Waals surface area contributed by atoms with Crippen molar-refractivity contribution < 1.29 is 23.5 Å². The molecule has 0 bridgehead atoms. The number of carbonyl (C=O) groups is 2. The Hall–Kier alpha value is -4.17. The van der Waals surface area contributed by atoms with E-state index in [-0.39, 0.29) is 30.5 Å². The van der Waals surface area contributed by atoms with Gasteiger partial charge in [-0.1, -0.05) is 35.9 Å². The van der Waals surface area contributed by atoms with Gasteiger partial charge < -0.3 is 14.8 Å². The van der Waals surface area contributed by atoms with Crippen molar-refractivity contribution in [2.45, 2.75) is 6.92 Å². The lowest BCUT2D eigenvalue weighted by atomic mass is 10.1. The van der Waals surface area contributed by atoms with Crippen molar-refractivity contribution in [1.29, 1.82) is 0 Å². The molecule has 1 N–H and O–H groups in total. The third-order valence-corrected chi connectivity index (χ3v) is 5.15. The summed E-state index contributed by atoms with van der Waals surface area (Å²) in [5.74, 6) is -0.978. The summed E-state index contributed by atoms with van der Waals surface area (Å²) in [6.45, 7) is 1.67. The van der Waals surface area contributed by atoms with Crippen LogP contribution >= 0.6 is 11.6 Å². The van der Waals surface area contributed by atoms with E-state index in [0.29, 0.717) is 27.7 Å². The van der Waals surface area contributed by atoms with Crippen LogP contribution in [0.3, 0.4) is 0 Å². The van der Waals surface area contributed by atoms with Gasteiger partial charge in [0.2, 0.25) is 0 Å². The smallest absolute Gasteiger partial charge is 0.358 e. The SMILES string of the molecule is CCOC(=O)c1cc(-c2cccc(NC(=O)COc3ccc(Cl)cc3)c2)n(-c2ccccc2F)n1. The fraction of sp³-hybridized carbons (Fsp3) is 0.115. The number of esters is 1. The van der Waals surface area contributed by atoms with E-state index < -0.39 is 11.8 Å². The highest BCUT2D eigenvalue weighted by Gasteiger charge is 2.19. The van der Waals surface area contributed by atoms with Crippen LogP contribution in [0.5, 0.6) is 5.75 Å². The van der Waals surface area contributed by atoms with Crippen LogP contribution in [-0.2, 0) is 9.53 Å². The number of benzene rings is 3. The number of halogens is 2. The van der Waals surface area contributed by atoms with Gasteiger partial charge in [-0.25, -0.2) is 13.9 Å². The van der Waals surface area contributed by atoms with Crippen LogP contribution in [0.25, 0.3) is 16.9 Å². The minimum absolute atomic E-state index is 0.0379. The van der Waals surface area contributed by atoms with Crippen molar-refractivity contribution >= 4 is 29.2 Å². The molecule has 3 aromatic carbocycles. The normalized spacial score (nSPS) is 10.6. The third kappa shape index (κ3) is 5.85. The Bertz CT molecular complexity index is 1350. The van der Waals surface area contributed by atoms with Gasteiger partial charge in [-0.15, -0.1) is 0 Å². The zero-order valence-corrected chi connectivity index (χ0v) is 19.5. The van der Waals surface area contributed by atoms with Crippen LogP contribution in [0.2, 0.25) is 5.02 Å². The molecule has 1 heterocycles. The van der Waals surface area contributed by atoms with Gasteiger partial charge in [0.25, 0.3) is 5.91 Å². The average molecular weight is 494 g/mol. The summed E-state index contributed by atoms with van der Waals surface area (Å²) < 4.78 is 26.4. The van der Waals surface area contributed by atoms with Gasteiger partial charge in [-0.2, -0.15) is 5.10 Å². The number of hydrogen-bond acceptors (Lipinski definition) is 5. The van der Waals surface area contributed by atoms with E-state index in [1.54, 1.807) is 73.7 Å². The summed E-state index contributed by atoms with van der Waals surface area (Å²) in [6, 6.07) is 21.2. The Kier molecular flexibility index (Phi) is 7.42. The van der Waals surface area contributed by atoms with E-state index in [4.69, 9.17) is 21.1 Å². The maximum atomic E-state index is 14.6. The molecule has 0 radical (unpaired) electrons. The monoisotopic (exact) mass is 493 g/mol. The van der Waals surface area contributed by atoms with E-state index in [2.05, 4.69) is 10.4 Å². The first-order chi connectivity index (χ1) is 16.9. The van der Waals surface area contributed by atoms with Gasteiger partial charge in [0.15, 0.2) is 12.3 Å². The molecule has 0 aliphatic rings. The summed E-state index contributed by atoms with van der Waals surface area (Å²) >= 11 is 5.85. The summed E-state index contributed by atoms with van der Waals surface area (Å²) in [6.07, 6.45) is 0. The highest BCUT2D eigenvalue weighted by molar-refractivity contribution is 6.30. The molecule has 4 rings (SSSR count). The van der Waals surface area contributed by atoms with Crippen molar-refractivity contribution in [2.24, 2.45) is 0 Å². The lowest BCUT2D eigenvalue weighted by Gasteiger charge is -2.11. The molecule has 0 aliphatic carbocycles. The number of hydrogen-bond donors (Lipinski definition) is 1.